The van der Waals surface area contributed by atoms with Crippen LogP contribution >= 0.6 is 0 Å². The molecule has 0 atom stereocenters. The number of ether oxygens (including phenoxy) is 1. The lowest BCUT2D eigenvalue weighted by Crippen LogP contribution is -2.41. The number of nitro benzene ring substituents is 1. The molecule has 3 rings (SSSR count). The number of nitrogens with one attached hydrogen (secondary N) is 1. The molecule has 0 bridgehead atoms. The van der Waals surface area contributed by atoms with Gasteiger partial charge in [-0.25, -0.2) is 15.2 Å². The number of methoxy groups -OCH3 is 1. The Morgan fingerprint density at radius 3 is 2.44 bits per heavy atom. The Balaban J connectivity index is 1.91. The van der Waals surface area contributed by atoms with Gasteiger partial charge >= 0.3 is 5.97 Å². The van der Waals surface area contributed by atoms with Crippen LogP contribution in [0.3, 0.4) is 0 Å². The minimum absolute atomic E-state index is 0.106. The number of carboxylic acids is 1. The van der Waals surface area contributed by atoms with Crippen molar-refractivity contribution in [1.82, 2.24) is 5.43 Å². The lowest BCUT2D eigenvalue weighted by molar-refractivity contribution is -0.384. The van der Waals surface area contributed by atoms with Gasteiger partial charge in [0.05, 0.1) is 34.9 Å². The number of aromatic carboxylic acids is 1. The molecule has 34 heavy (non-hydrogen) atoms. The topological polar surface area (TPSA) is 135 Å². The molecule has 0 unspecified atom stereocenters. The Morgan fingerprint density at radius 1 is 1.18 bits per heavy atom. The number of furan rings is 1. The minimum Gasteiger partial charge on any atom is -0.497 e. The maximum Gasteiger partial charge on any atom is 0.335 e. The summed E-state index contributed by atoms with van der Waals surface area (Å²) in [5.74, 6) is -0.444. The van der Waals surface area contributed by atoms with Gasteiger partial charge in [-0.05, 0) is 61.0 Å². The van der Waals surface area contributed by atoms with Gasteiger partial charge in [0.15, 0.2) is 0 Å². The van der Waals surface area contributed by atoms with Crippen LogP contribution in [0.25, 0.3) is 17.4 Å². The van der Waals surface area contributed by atoms with E-state index in [1.165, 1.54) is 42.5 Å². The number of hydrazine groups is 1. The Labute approximate surface area is 195 Å². The molecule has 1 heterocycles. The number of amides is 1. The fraction of sp³-hybridized carbons (Fsp3) is 0.167. The summed E-state index contributed by atoms with van der Waals surface area (Å²) in [7, 11) is 3.00. The molecular weight excluding hydrogens is 442 g/mol. The van der Waals surface area contributed by atoms with E-state index in [0.717, 1.165) is 0 Å². The van der Waals surface area contributed by atoms with Crippen molar-refractivity contribution in [2.75, 3.05) is 19.2 Å². The largest absolute Gasteiger partial charge is 0.497 e. The number of nitro groups is 1. The van der Waals surface area contributed by atoms with Gasteiger partial charge in [0.2, 0.25) is 0 Å². The van der Waals surface area contributed by atoms with E-state index in [0.29, 0.717) is 29.2 Å². The zero-order chi connectivity index (χ0) is 24.8. The zero-order valence-electron chi connectivity index (χ0n) is 18.8. The normalized spacial score (nSPS) is 11.2. The first-order chi connectivity index (χ1) is 16.3. The van der Waals surface area contributed by atoms with Gasteiger partial charge in [0, 0.05) is 12.6 Å². The van der Waals surface area contributed by atoms with Crippen molar-refractivity contribution < 1.29 is 28.8 Å². The van der Waals surface area contributed by atoms with E-state index in [1.807, 2.05) is 6.92 Å². The maximum atomic E-state index is 13.2. The molecule has 0 fully saturated rings. The van der Waals surface area contributed by atoms with Crippen LogP contribution in [0.4, 0.5) is 11.4 Å². The second-order valence-electron chi connectivity index (χ2n) is 7.08. The van der Waals surface area contributed by atoms with Crippen LogP contribution in [0, 0.1) is 10.1 Å². The molecule has 1 aromatic heterocycles. The number of benzene rings is 2. The standard InChI is InChI=1S/C24H23N3O7/c1-4-15(23(28)26(25-2)17-7-5-16(6-8-17)24(29)30)13-19-10-12-22(34-19)20-11-9-18(33-3)14-21(20)27(31)32/h5-14,25H,4H2,1-3H3,(H,29,30)/b15-13-. The molecule has 176 valence electrons. The quantitative estimate of drug-likeness (QED) is 0.267. The summed E-state index contributed by atoms with van der Waals surface area (Å²) < 4.78 is 10.9. The fourth-order valence-electron chi connectivity index (χ4n) is 3.30. The number of hydrogen-bond acceptors (Lipinski definition) is 7. The average molecular weight is 465 g/mol. The highest BCUT2D eigenvalue weighted by Gasteiger charge is 2.21. The van der Waals surface area contributed by atoms with Crippen molar-refractivity contribution >= 4 is 29.3 Å². The molecule has 0 saturated carbocycles. The van der Waals surface area contributed by atoms with E-state index >= 15 is 0 Å². The summed E-state index contributed by atoms with van der Waals surface area (Å²) >= 11 is 0. The summed E-state index contributed by atoms with van der Waals surface area (Å²) in [6, 6.07) is 13.5. The lowest BCUT2D eigenvalue weighted by atomic mass is 10.1. The van der Waals surface area contributed by atoms with Crippen molar-refractivity contribution in [2.24, 2.45) is 0 Å². The molecule has 0 spiro atoms. The first kappa shape index (κ1) is 24.2. The molecule has 0 saturated heterocycles. The number of nitrogens with zero attached hydrogens (tertiary/aromatic N) is 2. The second kappa shape index (κ2) is 10.5. The highest BCUT2D eigenvalue weighted by molar-refractivity contribution is 6.07. The Bertz CT molecular complexity index is 1250. The predicted molar refractivity (Wildman–Crippen MR) is 126 cm³/mol. The van der Waals surface area contributed by atoms with Crippen LogP contribution in [0.5, 0.6) is 5.75 Å². The summed E-state index contributed by atoms with van der Waals surface area (Å²) in [4.78, 5) is 35.2. The van der Waals surface area contributed by atoms with Gasteiger partial charge in [-0.15, -0.1) is 0 Å². The van der Waals surface area contributed by atoms with Crippen molar-refractivity contribution in [3.63, 3.8) is 0 Å². The lowest BCUT2D eigenvalue weighted by Gasteiger charge is -2.22. The third-order valence-corrected chi connectivity index (χ3v) is 5.07. The van der Waals surface area contributed by atoms with Crippen LogP contribution in [-0.2, 0) is 4.79 Å². The van der Waals surface area contributed by atoms with E-state index < -0.39 is 10.9 Å². The average Bonchev–Trinajstić information content (AvgIpc) is 3.31. The molecule has 2 aromatic carbocycles. The van der Waals surface area contributed by atoms with Crippen LogP contribution < -0.4 is 15.2 Å². The van der Waals surface area contributed by atoms with Gasteiger partial charge in [-0.1, -0.05) is 6.92 Å². The first-order valence-electron chi connectivity index (χ1n) is 10.3. The van der Waals surface area contributed by atoms with Gasteiger partial charge in [-0.3, -0.25) is 14.9 Å². The molecule has 3 aromatic rings. The van der Waals surface area contributed by atoms with E-state index in [1.54, 1.807) is 37.4 Å². The van der Waals surface area contributed by atoms with Crippen molar-refractivity contribution in [3.05, 3.63) is 81.6 Å². The van der Waals surface area contributed by atoms with Crippen molar-refractivity contribution in [2.45, 2.75) is 13.3 Å². The van der Waals surface area contributed by atoms with Crippen LogP contribution in [0.15, 0.2) is 64.6 Å². The van der Waals surface area contributed by atoms with Gasteiger partial charge in [0.1, 0.15) is 17.3 Å². The van der Waals surface area contributed by atoms with Gasteiger partial charge in [-0.2, -0.15) is 0 Å². The Hall–Kier alpha value is -4.44. The molecule has 10 heteroatoms. The fourth-order valence-corrected chi connectivity index (χ4v) is 3.30. The van der Waals surface area contributed by atoms with Gasteiger partial charge < -0.3 is 14.3 Å². The molecule has 0 aliphatic heterocycles. The van der Waals surface area contributed by atoms with E-state index in [9.17, 15) is 19.7 Å². The number of anilines is 1. The molecule has 1 amide bonds. The molecule has 10 nitrogen and oxygen atoms in total. The number of carbonyl (C=O) groups is 2. The summed E-state index contributed by atoms with van der Waals surface area (Å²) in [6.45, 7) is 1.81. The summed E-state index contributed by atoms with van der Waals surface area (Å²) in [6.07, 6.45) is 1.94. The minimum atomic E-state index is -1.06. The number of carboxylic acid groups (broad SMARTS) is 1. The first-order valence-corrected chi connectivity index (χ1v) is 10.3. The molecule has 0 radical (unpaired) electrons. The number of carbonyl (C=O) groups excluding carboxylic acids is 1. The predicted octanol–water partition coefficient (Wildman–Crippen LogP) is 4.52. The summed E-state index contributed by atoms with van der Waals surface area (Å²) in [5.41, 5.74) is 3.90. The zero-order valence-corrected chi connectivity index (χ0v) is 18.8. The SMILES string of the molecule is CC/C(=C/c1ccc(-c2ccc(OC)cc2[N+](=O)[O-])o1)C(=O)N(NC)c1ccc(C(=O)O)cc1. The summed E-state index contributed by atoms with van der Waals surface area (Å²) in [5, 5.41) is 21.9. The highest BCUT2D eigenvalue weighted by Crippen LogP contribution is 2.34. The maximum absolute atomic E-state index is 13.2. The van der Waals surface area contributed by atoms with E-state index in [-0.39, 0.29) is 28.5 Å². The van der Waals surface area contributed by atoms with Crippen LogP contribution in [0.2, 0.25) is 0 Å². The molecule has 0 aliphatic rings. The third-order valence-electron chi connectivity index (χ3n) is 5.07. The van der Waals surface area contributed by atoms with Crippen LogP contribution in [-0.4, -0.2) is 36.1 Å². The Kier molecular flexibility index (Phi) is 7.44. The Morgan fingerprint density at radius 2 is 1.88 bits per heavy atom. The van der Waals surface area contributed by atoms with E-state index in [4.69, 9.17) is 14.3 Å². The molecule has 2 N–H and O–H groups in total. The highest BCUT2D eigenvalue weighted by atomic mass is 16.6. The van der Waals surface area contributed by atoms with Gasteiger partial charge in [0.25, 0.3) is 11.6 Å². The smallest absolute Gasteiger partial charge is 0.335 e. The third kappa shape index (κ3) is 5.13. The van der Waals surface area contributed by atoms with E-state index in [2.05, 4.69) is 5.43 Å². The second-order valence-corrected chi connectivity index (χ2v) is 7.08. The molecular formula is C24H23N3O7. The van der Waals surface area contributed by atoms with Crippen molar-refractivity contribution in [1.29, 1.82) is 0 Å². The number of hydrogen-bond donors (Lipinski definition) is 2. The molecule has 0 aliphatic carbocycles. The number of rotatable bonds is 9. The monoisotopic (exact) mass is 465 g/mol. The van der Waals surface area contributed by atoms with Crippen LogP contribution in [0.1, 0.15) is 29.5 Å². The van der Waals surface area contributed by atoms with Crippen molar-refractivity contribution in [3.8, 4) is 17.1 Å².